The SMILES string of the molecule is CCCCCC[C@]12CC[C@H](CC(=O)OCC(F)(F)F)N1C1(CCCCC1)OC2. The van der Waals surface area contributed by atoms with Crippen LogP contribution in [-0.2, 0) is 14.3 Å². The minimum atomic E-state index is -4.48. The number of esters is 1. The summed E-state index contributed by atoms with van der Waals surface area (Å²) in [5.74, 6) is -0.748. The molecule has 1 saturated carbocycles. The van der Waals surface area contributed by atoms with Gasteiger partial charge in [-0.25, -0.2) is 0 Å². The summed E-state index contributed by atoms with van der Waals surface area (Å²) in [5.41, 5.74) is -0.380. The van der Waals surface area contributed by atoms with E-state index in [9.17, 15) is 18.0 Å². The fraction of sp³-hybridized carbons (Fsp3) is 0.952. The van der Waals surface area contributed by atoms with Crippen molar-refractivity contribution in [1.82, 2.24) is 4.90 Å². The van der Waals surface area contributed by atoms with Crippen molar-refractivity contribution in [3.8, 4) is 0 Å². The zero-order valence-corrected chi connectivity index (χ0v) is 17.0. The Kier molecular flexibility index (Phi) is 6.96. The second-order valence-corrected chi connectivity index (χ2v) is 8.87. The van der Waals surface area contributed by atoms with Gasteiger partial charge in [0.05, 0.1) is 13.0 Å². The normalized spacial score (nSPS) is 29.9. The number of ether oxygens (including phenoxy) is 2. The van der Waals surface area contributed by atoms with Gasteiger partial charge in [0.1, 0.15) is 5.72 Å². The topological polar surface area (TPSA) is 38.8 Å². The lowest BCUT2D eigenvalue weighted by Gasteiger charge is -2.46. The molecule has 7 heteroatoms. The molecule has 2 atom stereocenters. The van der Waals surface area contributed by atoms with Gasteiger partial charge >= 0.3 is 12.1 Å². The highest BCUT2D eigenvalue weighted by atomic mass is 19.4. The van der Waals surface area contributed by atoms with Crippen molar-refractivity contribution < 1.29 is 27.4 Å². The standard InChI is InChI=1S/C21H34F3NO3/c1-2-3-4-6-10-19-13-9-17(14-18(26)27-16-21(22,23)24)25(19)20(28-15-19)11-7-5-8-12-20/h17H,2-16H2,1H3/t17-,19-/m1/s1. The number of carbonyl (C=O) groups excluding carboxylic acids is 1. The lowest BCUT2D eigenvalue weighted by molar-refractivity contribution is -0.188. The maximum absolute atomic E-state index is 12.4. The molecule has 0 aromatic carbocycles. The van der Waals surface area contributed by atoms with Crippen molar-refractivity contribution >= 4 is 5.97 Å². The summed E-state index contributed by atoms with van der Waals surface area (Å²) in [6, 6.07) is -0.0764. The number of fused-ring (bicyclic) bond motifs is 2. The molecule has 162 valence electrons. The van der Waals surface area contributed by atoms with E-state index in [2.05, 4.69) is 16.6 Å². The molecule has 3 fully saturated rings. The summed E-state index contributed by atoms with van der Waals surface area (Å²) in [7, 11) is 0. The van der Waals surface area contributed by atoms with Crippen molar-refractivity contribution in [1.29, 1.82) is 0 Å². The second-order valence-electron chi connectivity index (χ2n) is 8.87. The third kappa shape index (κ3) is 4.84. The van der Waals surface area contributed by atoms with E-state index in [1.54, 1.807) is 0 Å². The van der Waals surface area contributed by atoms with Crippen LogP contribution >= 0.6 is 0 Å². The number of unbranched alkanes of at least 4 members (excludes halogenated alkanes) is 3. The van der Waals surface area contributed by atoms with Gasteiger partial charge in [0.25, 0.3) is 0 Å². The van der Waals surface area contributed by atoms with Crippen LogP contribution in [0.1, 0.15) is 90.4 Å². The van der Waals surface area contributed by atoms with Gasteiger partial charge in [0.15, 0.2) is 6.61 Å². The predicted octanol–water partition coefficient (Wildman–Crippen LogP) is 5.35. The first-order chi connectivity index (χ1) is 13.3. The Morgan fingerprint density at radius 3 is 2.57 bits per heavy atom. The largest absolute Gasteiger partial charge is 0.456 e. The lowest BCUT2D eigenvalue weighted by atomic mass is 9.86. The van der Waals surface area contributed by atoms with Gasteiger partial charge in [0, 0.05) is 11.6 Å². The number of nitrogens with zero attached hydrogens (tertiary/aromatic N) is 1. The summed E-state index contributed by atoms with van der Waals surface area (Å²) in [6.45, 7) is 1.38. The molecule has 0 bridgehead atoms. The number of carbonyl (C=O) groups is 1. The van der Waals surface area contributed by atoms with E-state index in [-0.39, 0.29) is 23.7 Å². The van der Waals surface area contributed by atoms with Crippen LogP contribution in [0.2, 0.25) is 0 Å². The number of hydrogen-bond donors (Lipinski definition) is 0. The first kappa shape index (κ1) is 21.9. The second kappa shape index (κ2) is 8.90. The van der Waals surface area contributed by atoms with E-state index in [0.29, 0.717) is 6.61 Å². The zero-order valence-electron chi connectivity index (χ0n) is 17.0. The van der Waals surface area contributed by atoms with Gasteiger partial charge in [-0.05, 0) is 44.9 Å². The van der Waals surface area contributed by atoms with Crippen LogP contribution < -0.4 is 0 Å². The molecule has 4 nitrogen and oxygen atoms in total. The van der Waals surface area contributed by atoms with Gasteiger partial charge in [-0.1, -0.05) is 39.0 Å². The molecule has 3 aliphatic rings. The lowest BCUT2D eigenvalue weighted by Crippen LogP contribution is -2.56. The third-order valence-corrected chi connectivity index (χ3v) is 6.80. The first-order valence-corrected chi connectivity index (χ1v) is 11.0. The molecule has 3 rings (SSSR count). The van der Waals surface area contributed by atoms with Gasteiger partial charge in [-0.3, -0.25) is 9.69 Å². The highest BCUT2D eigenvalue weighted by Gasteiger charge is 2.61. The first-order valence-electron chi connectivity index (χ1n) is 11.0. The van der Waals surface area contributed by atoms with Crippen molar-refractivity contribution in [2.75, 3.05) is 13.2 Å². The maximum atomic E-state index is 12.4. The molecule has 0 aromatic rings. The Labute approximate surface area is 166 Å². The zero-order chi connectivity index (χ0) is 20.3. The van der Waals surface area contributed by atoms with Crippen LogP contribution in [0.3, 0.4) is 0 Å². The number of alkyl halides is 3. The average molecular weight is 406 g/mol. The van der Waals surface area contributed by atoms with Crippen molar-refractivity contribution in [2.45, 2.75) is 114 Å². The van der Waals surface area contributed by atoms with Gasteiger partial charge in [0.2, 0.25) is 0 Å². The molecule has 2 aliphatic heterocycles. The summed E-state index contributed by atoms with van der Waals surface area (Å²) in [4.78, 5) is 14.5. The summed E-state index contributed by atoms with van der Waals surface area (Å²) < 4.78 is 48.1. The smallest absolute Gasteiger partial charge is 0.422 e. The molecular weight excluding hydrogens is 371 g/mol. The third-order valence-electron chi connectivity index (χ3n) is 6.80. The van der Waals surface area contributed by atoms with Crippen LogP contribution in [-0.4, -0.2) is 47.6 Å². The predicted molar refractivity (Wildman–Crippen MR) is 99.8 cm³/mol. The fourth-order valence-corrected chi connectivity index (χ4v) is 5.61. The van der Waals surface area contributed by atoms with Gasteiger partial charge in [-0.15, -0.1) is 0 Å². The molecule has 1 spiro atoms. The Bertz CT molecular complexity index is 533. The minimum Gasteiger partial charge on any atom is -0.456 e. The molecule has 0 radical (unpaired) electrons. The average Bonchev–Trinajstić information content (AvgIpc) is 3.15. The van der Waals surface area contributed by atoms with Crippen LogP contribution in [0.25, 0.3) is 0 Å². The van der Waals surface area contributed by atoms with Crippen LogP contribution in [0, 0.1) is 0 Å². The molecule has 2 saturated heterocycles. The number of halogens is 3. The van der Waals surface area contributed by atoms with E-state index < -0.39 is 18.8 Å². The molecule has 0 amide bonds. The Morgan fingerprint density at radius 1 is 1.14 bits per heavy atom. The fourth-order valence-electron chi connectivity index (χ4n) is 5.61. The maximum Gasteiger partial charge on any atom is 0.422 e. The van der Waals surface area contributed by atoms with Crippen molar-refractivity contribution in [2.24, 2.45) is 0 Å². The summed E-state index contributed by atoms with van der Waals surface area (Å²) in [6.07, 6.45) is 8.43. The Hall–Kier alpha value is -0.820. The molecular formula is C21H34F3NO3. The molecule has 0 N–H and O–H groups in total. The molecule has 2 heterocycles. The van der Waals surface area contributed by atoms with Crippen LogP contribution in [0.5, 0.6) is 0 Å². The summed E-state index contributed by atoms with van der Waals surface area (Å²) >= 11 is 0. The van der Waals surface area contributed by atoms with Crippen LogP contribution in [0.4, 0.5) is 13.2 Å². The minimum absolute atomic E-state index is 0.0257. The Morgan fingerprint density at radius 2 is 1.89 bits per heavy atom. The molecule has 28 heavy (non-hydrogen) atoms. The number of rotatable bonds is 8. The van der Waals surface area contributed by atoms with E-state index in [1.165, 1.54) is 25.7 Å². The van der Waals surface area contributed by atoms with Gasteiger partial charge in [-0.2, -0.15) is 13.2 Å². The van der Waals surface area contributed by atoms with E-state index in [4.69, 9.17) is 4.74 Å². The van der Waals surface area contributed by atoms with E-state index >= 15 is 0 Å². The van der Waals surface area contributed by atoms with Crippen LogP contribution in [0.15, 0.2) is 0 Å². The number of hydrogen-bond acceptors (Lipinski definition) is 4. The summed E-state index contributed by atoms with van der Waals surface area (Å²) in [5, 5.41) is 0. The highest BCUT2D eigenvalue weighted by Crippen LogP contribution is 2.54. The van der Waals surface area contributed by atoms with Crippen molar-refractivity contribution in [3.05, 3.63) is 0 Å². The quantitative estimate of drug-likeness (QED) is 0.403. The van der Waals surface area contributed by atoms with E-state index in [1.807, 2.05) is 0 Å². The molecule has 0 aromatic heterocycles. The molecule has 1 aliphatic carbocycles. The molecule has 0 unspecified atom stereocenters. The van der Waals surface area contributed by atoms with E-state index in [0.717, 1.165) is 51.4 Å². The Balaban J connectivity index is 1.69. The highest BCUT2D eigenvalue weighted by molar-refractivity contribution is 5.70. The van der Waals surface area contributed by atoms with Gasteiger partial charge < -0.3 is 9.47 Å². The van der Waals surface area contributed by atoms with Crippen molar-refractivity contribution in [3.63, 3.8) is 0 Å². The monoisotopic (exact) mass is 405 g/mol.